The van der Waals surface area contributed by atoms with Gasteiger partial charge in [-0.1, -0.05) is 24.8 Å². The second-order valence-electron chi connectivity index (χ2n) is 2.99. The zero-order chi connectivity index (χ0) is 10.1. The van der Waals surface area contributed by atoms with Gasteiger partial charge in [0.25, 0.3) is 0 Å². The Hall–Kier alpha value is -1.44. The van der Waals surface area contributed by atoms with Crippen molar-refractivity contribution in [1.29, 1.82) is 5.41 Å². The fourth-order valence-electron chi connectivity index (χ4n) is 1.39. The largest absolute Gasteiger partial charge is 0.412 e. The first kappa shape index (κ1) is 21.8. The van der Waals surface area contributed by atoms with E-state index >= 15 is 0 Å². The zero-order valence-corrected chi connectivity index (χ0v) is 11.1. The van der Waals surface area contributed by atoms with Gasteiger partial charge in [-0.3, -0.25) is 5.41 Å². The number of halogens is 1. The van der Waals surface area contributed by atoms with Crippen LogP contribution >= 0.6 is 23.7 Å². The van der Waals surface area contributed by atoms with Gasteiger partial charge < -0.3 is 22.2 Å². The fraction of sp³-hybridized carbons (Fsp3) is 0. The van der Waals surface area contributed by atoms with E-state index in [0.29, 0.717) is 0 Å². The molecule has 102 valence electrons. The van der Waals surface area contributed by atoms with E-state index in [9.17, 15) is 0 Å². The lowest BCUT2D eigenvalue weighted by Crippen LogP contribution is -2.08. The monoisotopic (exact) mass is 292 g/mol. The van der Waals surface area contributed by atoms with E-state index in [1.807, 2.05) is 30.3 Å². The van der Waals surface area contributed by atoms with E-state index in [1.165, 1.54) is 11.3 Å². The molecule has 0 bridgehead atoms. The van der Waals surface area contributed by atoms with Crippen molar-refractivity contribution < 1.29 is 16.4 Å². The minimum Gasteiger partial charge on any atom is -0.412 e. The quantitative estimate of drug-likeness (QED) is 0.611. The molecule has 0 spiro atoms. The van der Waals surface area contributed by atoms with Crippen molar-refractivity contribution in [1.82, 2.24) is 0 Å². The molecule has 0 radical (unpaired) electrons. The summed E-state index contributed by atoms with van der Waals surface area (Å²) in [5.74, 6) is 0.126. The number of fused-ring (bicyclic) bond motifs is 1. The van der Waals surface area contributed by atoms with Crippen LogP contribution in [-0.2, 0) is 0 Å². The van der Waals surface area contributed by atoms with E-state index in [2.05, 4.69) is 6.58 Å². The van der Waals surface area contributed by atoms with Crippen LogP contribution in [-0.4, -0.2) is 22.3 Å². The topological polar surface area (TPSA) is 144 Å². The Morgan fingerprint density at radius 2 is 1.89 bits per heavy atom. The smallest absolute Gasteiger partial charge is 0.133 e. The van der Waals surface area contributed by atoms with Crippen LogP contribution in [0.25, 0.3) is 16.2 Å². The molecule has 2 aromatic rings. The molecule has 0 amide bonds. The summed E-state index contributed by atoms with van der Waals surface area (Å²) >= 11 is 1.54. The number of thiophene rings is 1. The highest BCUT2D eigenvalue weighted by molar-refractivity contribution is 7.20. The summed E-state index contributed by atoms with van der Waals surface area (Å²) in [7, 11) is 0. The molecule has 1 heterocycles. The summed E-state index contributed by atoms with van der Waals surface area (Å²) in [5, 5.41) is 8.48. The Morgan fingerprint density at radius 3 is 2.39 bits per heavy atom. The van der Waals surface area contributed by atoms with Crippen LogP contribution in [0.4, 0.5) is 0 Å². The molecule has 1 aromatic heterocycles. The van der Waals surface area contributed by atoms with Crippen LogP contribution in [0.2, 0.25) is 0 Å². The van der Waals surface area contributed by atoms with Crippen LogP contribution in [0.3, 0.4) is 0 Å². The first-order valence-corrected chi connectivity index (χ1v) is 5.03. The second-order valence-corrected chi connectivity index (χ2v) is 4.07. The predicted octanol–water partition coefficient (Wildman–Crippen LogP) is 0.776. The fourth-order valence-corrected chi connectivity index (χ4v) is 2.35. The van der Waals surface area contributed by atoms with Crippen molar-refractivity contribution in [2.75, 3.05) is 0 Å². The molecular weight excluding hydrogens is 276 g/mol. The Kier molecular flexibility index (Phi) is 10.4. The molecular formula is C11H17ClN2O3S. The SMILES string of the molecule is C=Cc1cccc2sc(C(=N)N)cc12.Cl.O.O.O. The molecule has 9 N–H and O–H groups in total. The van der Waals surface area contributed by atoms with Gasteiger partial charge >= 0.3 is 0 Å². The van der Waals surface area contributed by atoms with Crippen LogP contribution in [0.1, 0.15) is 10.4 Å². The molecule has 0 fully saturated rings. The highest BCUT2D eigenvalue weighted by Gasteiger charge is 2.05. The third-order valence-corrected chi connectivity index (χ3v) is 3.21. The van der Waals surface area contributed by atoms with E-state index in [-0.39, 0.29) is 34.7 Å². The van der Waals surface area contributed by atoms with Gasteiger partial charge in [0.15, 0.2) is 0 Å². The van der Waals surface area contributed by atoms with Gasteiger partial charge in [0.1, 0.15) is 5.84 Å². The van der Waals surface area contributed by atoms with Gasteiger partial charge in [0.2, 0.25) is 0 Å². The molecule has 0 aliphatic rings. The Balaban J connectivity index is -0.000000562. The molecule has 1 aromatic carbocycles. The number of nitrogen functional groups attached to an aromatic ring is 1. The van der Waals surface area contributed by atoms with Gasteiger partial charge in [-0.2, -0.15) is 0 Å². The summed E-state index contributed by atoms with van der Waals surface area (Å²) in [6.45, 7) is 3.75. The lowest BCUT2D eigenvalue weighted by Gasteiger charge is -1.93. The van der Waals surface area contributed by atoms with Crippen molar-refractivity contribution in [2.24, 2.45) is 5.73 Å². The maximum Gasteiger partial charge on any atom is 0.133 e. The van der Waals surface area contributed by atoms with Crippen molar-refractivity contribution in [2.45, 2.75) is 0 Å². The molecule has 0 aliphatic heterocycles. The van der Waals surface area contributed by atoms with Crippen LogP contribution in [0.5, 0.6) is 0 Å². The van der Waals surface area contributed by atoms with Gasteiger partial charge in [0.05, 0.1) is 4.88 Å². The summed E-state index contributed by atoms with van der Waals surface area (Å²) in [5.41, 5.74) is 6.53. The second kappa shape index (κ2) is 8.62. The summed E-state index contributed by atoms with van der Waals surface area (Å²) in [4.78, 5) is 0.814. The molecule has 7 heteroatoms. The van der Waals surface area contributed by atoms with Crippen LogP contribution in [0.15, 0.2) is 30.8 Å². The minimum absolute atomic E-state index is 0. The maximum absolute atomic E-state index is 7.36. The number of nitrogens with one attached hydrogen (secondary N) is 1. The first-order valence-electron chi connectivity index (χ1n) is 4.22. The van der Waals surface area contributed by atoms with E-state index < -0.39 is 0 Å². The van der Waals surface area contributed by atoms with E-state index in [1.54, 1.807) is 0 Å². The number of hydrogen-bond donors (Lipinski definition) is 2. The predicted molar refractivity (Wildman–Crippen MR) is 81.0 cm³/mol. The van der Waals surface area contributed by atoms with E-state index in [4.69, 9.17) is 11.1 Å². The third kappa shape index (κ3) is 3.80. The highest BCUT2D eigenvalue weighted by atomic mass is 35.5. The van der Waals surface area contributed by atoms with Crippen LogP contribution in [0, 0.1) is 5.41 Å². The molecule has 18 heavy (non-hydrogen) atoms. The van der Waals surface area contributed by atoms with Crippen molar-refractivity contribution in [3.05, 3.63) is 41.3 Å². The van der Waals surface area contributed by atoms with Crippen LogP contribution < -0.4 is 5.73 Å². The summed E-state index contributed by atoms with van der Waals surface area (Å²) in [6, 6.07) is 7.96. The minimum atomic E-state index is 0. The number of hydrogen-bond acceptors (Lipinski definition) is 2. The first-order chi connectivity index (χ1) is 6.72. The number of amidine groups is 1. The normalized spacial score (nSPS) is 8.00. The lowest BCUT2D eigenvalue weighted by molar-refractivity contribution is 0.823. The molecule has 0 saturated carbocycles. The van der Waals surface area contributed by atoms with Gasteiger partial charge in [-0.05, 0) is 17.7 Å². The maximum atomic E-state index is 7.36. The summed E-state index contributed by atoms with van der Waals surface area (Å²) in [6.07, 6.45) is 1.82. The van der Waals surface area contributed by atoms with Crippen molar-refractivity contribution in [3.63, 3.8) is 0 Å². The molecule has 0 unspecified atom stereocenters. The Labute approximate surface area is 115 Å². The number of rotatable bonds is 2. The molecule has 0 aliphatic carbocycles. The Bertz CT molecular complexity index is 528. The Morgan fingerprint density at radius 1 is 1.28 bits per heavy atom. The lowest BCUT2D eigenvalue weighted by atomic mass is 10.1. The molecule has 0 atom stereocenters. The highest BCUT2D eigenvalue weighted by Crippen LogP contribution is 2.28. The van der Waals surface area contributed by atoms with Gasteiger partial charge in [-0.25, -0.2) is 0 Å². The average Bonchev–Trinajstić information content (AvgIpc) is 2.60. The molecule has 2 rings (SSSR count). The van der Waals surface area contributed by atoms with E-state index in [0.717, 1.165) is 20.5 Å². The standard InChI is InChI=1S/C11H10N2S.ClH.3H2O/c1-2-7-4-3-5-9-8(7)6-10(14-9)11(12)13;;;;/h2-6H,1H2,(H3,12,13);1H;3*1H2. The number of benzene rings is 1. The van der Waals surface area contributed by atoms with Gasteiger partial charge in [0, 0.05) is 10.1 Å². The zero-order valence-electron chi connectivity index (χ0n) is 9.49. The molecule has 0 saturated heterocycles. The third-order valence-electron chi connectivity index (χ3n) is 2.08. The average molecular weight is 293 g/mol. The van der Waals surface area contributed by atoms with Gasteiger partial charge in [-0.15, -0.1) is 23.7 Å². The van der Waals surface area contributed by atoms with Crippen molar-refractivity contribution >= 4 is 45.7 Å². The molecule has 5 nitrogen and oxygen atoms in total. The number of nitrogens with two attached hydrogens (primary N) is 1. The summed E-state index contributed by atoms with van der Waals surface area (Å²) < 4.78 is 1.15. The van der Waals surface area contributed by atoms with Crippen molar-refractivity contribution in [3.8, 4) is 0 Å².